The molecule has 0 saturated carbocycles. The molecule has 0 aliphatic rings. The van der Waals surface area contributed by atoms with E-state index in [-0.39, 0.29) is 5.60 Å². The van der Waals surface area contributed by atoms with Gasteiger partial charge in [-0.05, 0) is 24.5 Å². The summed E-state index contributed by atoms with van der Waals surface area (Å²) in [5, 5.41) is 0. The lowest BCUT2D eigenvalue weighted by atomic mass is 9.90. The first kappa shape index (κ1) is 17.1. The molecule has 0 spiro atoms. The maximum absolute atomic E-state index is 5.63. The molecule has 2 heteroatoms. The van der Waals surface area contributed by atoms with E-state index >= 15 is 0 Å². The van der Waals surface area contributed by atoms with Gasteiger partial charge in [0.15, 0.2) is 0 Å². The summed E-state index contributed by atoms with van der Waals surface area (Å²) in [6.07, 6.45) is 2.22. The van der Waals surface area contributed by atoms with Crippen molar-refractivity contribution in [2.45, 2.75) is 46.1 Å². The highest BCUT2D eigenvalue weighted by Crippen LogP contribution is 2.28. The van der Waals surface area contributed by atoms with Crippen molar-refractivity contribution in [2.75, 3.05) is 20.8 Å². The van der Waals surface area contributed by atoms with Crippen LogP contribution in [-0.2, 0) is 21.5 Å². The average molecular weight is 252 g/mol. The van der Waals surface area contributed by atoms with Crippen molar-refractivity contribution in [1.29, 1.82) is 0 Å². The van der Waals surface area contributed by atoms with E-state index in [0.717, 1.165) is 12.8 Å². The third-order valence-corrected chi connectivity index (χ3v) is 2.98. The van der Waals surface area contributed by atoms with Crippen molar-refractivity contribution in [3.05, 3.63) is 35.4 Å². The van der Waals surface area contributed by atoms with E-state index in [0.29, 0.717) is 6.61 Å². The lowest BCUT2D eigenvalue weighted by Crippen LogP contribution is -2.31. The zero-order valence-electron chi connectivity index (χ0n) is 12.7. The van der Waals surface area contributed by atoms with E-state index < -0.39 is 0 Å². The minimum Gasteiger partial charge on any atom is -0.381 e. The van der Waals surface area contributed by atoms with Crippen LogP contribution in [-0.4, -0.2) is 20.8 Å². The van der Waals surface area contributed by atoms with E-state index in [2.05, 4.69) is 38.1 Å². The molecule has 0 saturated heterocycles. The maximum Gasteiger partial charge on any atom is 0.113 e. The van der Waals surface area contributed by atoms with Gasteiger partial charge in [0.25, 0.3) is 0 Å². The minimum absolute atomic E-state index is 0.347. The van der Waals surface area contributed by atoms with Gasteiger partial charge < -0.3 is 9.47 Å². The molecule has 1 aromatic carbocycles. The van der Waals surface area contributed by atoms with Gasteiger partial charge in [0.1, 0.15) is 5.60 Å². The van der Waals surface area contributed by atoms with Gasteiger partial charge in [-0.25, -0.2) is 0 Å². The van der Waals surface area contributed by atoms with Crippen molar-refractivity contribution < 1.29 is 9.47 Å². The second-order valence-electron chi connectivity index (χ2n) is 4.28. The number of methoxy groups -OCH3 is 2. The fourth-order valence-electron chi connectivity index (χ4n) is 2.05. The summed E-state index contributed by atoms with van der Waals surface area (Å²) in [5.41, 5.74) is 2.24. The molecule has 0 aliphatic heterocycles. The van der Waals surface area contributed by atoms with E-state index in [1.54, 1.807) is 14.2 Å². The highest BCUT2D eigenvalue weighted by Gasteiger charge is 2.28. The van der Waals surface area contributed by atoms with E-state index in [4.69, 9.17) is 9.47 Å². The van der Waals surface area contributed by atoms with Crippen molar-refractivity contribution >= 4 is 0 Å². The number of rotatable bonds is 6. The molecule has 0 amide bonds. The summed E-state index contributed by atoms with van der Waals surface area (Å²) >= 11 is 0. The molecule has 0 heterocycles. The fourth-order valence-corrected chi connectivity index (χ4v) is 2.05. The Hall–Kier alpha value is -0.860. The predicted octanol–water partition coefficient (Wildman–Crippen LogP) is 4.17. The standard InChI is InChI=1S/C14H22O2.C2H6/c1-5-8-12-9-6-7-10-13(12)14(2,16-4)11-15-3;1-2/h6-7,9-10H,5,8,11H2,1-4H3;1-2H3. The number of hydrogen-bond acceptors (Lipinski definition) is 2. The second kappa shape index (κ2) is 9.12. The van der Waals surface area contributed by atoms with Gasteiger partial charge in [0.05, 0.1) is 6.61 Å². The van der Waals surface area contributed by atoms with Crippen LogP contribution in [0.15, 0.2) is 24.3 Å². The molecular formula is C16H28O2. The molecule has 0 N–H and O–H groups in total. The van der Waals surface area contributed by atoms with E-state index in [9.17, 15) is 0 Å². The third-order valence-electron chi connectivity index (χ3n) is 2.98. The first-order valence-electron chi connectivity index (χ1n) is 6.80. The van der Waals surface area contributed by atoms with Crippen LogP contribution >= 0.6 is 0 Å². The molecule has 1 atom stereocenters. The Morgan fingerprint density at radius 2 is 1.72 bits per heavy atom. The number of aryl methyl sites for hydroxylation is 1. The molecule has 18 heavy (non-hydrogen) atoms. The minimum atomic E-state index is -0.347. The summed E-state index contributed by atoms with van der Waals surface area (Å²) in [6, 6.07) is 8.44. The third kappa shape index (κ3) is 4.43. The summed E-state index contributed by atoms with van der Waals surface area (Å²) in [6.45, 7) is 8.84. The SMILES string of the molecule is CC.CCCc1ccccc1C(C)(COC)OC. The monoisotopic (exact) mass is 252 g/mol. The van der Waals surface area contributed by atoms with Gasteiger partial charge in [0, 0.05) is 14.2 Å². The van der Waals surface area contributed by atoms with Crippen LogP contribution in [0.1, 0.15) is 45.2 Å². The maximum atomic E-state index is 5.63. The predicted molar refractivity (Wildman–Crippen MR) is 78.0 cm³/mol. The smallest absolute Gasteiger partial charge is 0.113 e. The molecule has 104 valence electrons. The topological polar surface area (TPSA) is 18.5 Å². The largest absolute Gasteiger partial charge is 0.381 e. The van der Waals surface area contributed by atoms with Crippen LogP contribution in [0.2, 0.25) is 0 Å². The molecule has 1 aromatic rings. The zero-order valence-corrected chi connectivity index (χ0v) is 12.7. The second-order valence-corrected chi connectivity index (χ2v) is 4.28. The number of ether oxygens (including phenoxy) is 2. The zero-order chi connectivity index (χ0) is 14.0. The van der Waals surface area contributed by atoms with Crippen LogP contribution in [0.5, 0.6) is 0 Å². The summed E-state index contributed by atoms with van der Waals surface area (Å²) in [7, 11) is 3.45. The Kier molecular flexibility index (Phi) is 8.69. The highest BCUT2D eigenvalue weighted by molar-refractivity contribution is 5.32. The van der Waals surface area contributed by atoms with Crippen LogP contribution in [0, 0.1) is 0 Å². The lowest BCUT2D eigenvalue weighted by molar-refractivity contribution is -0.0560. The Bertz CT molecular complexity index is 323. The van der Waals surface area contributed by atoms with Gasteiger partial charge in [-0.3, -0.25) is 0 Å². The molecule has 0 radical (unpaired) electrons. The van der Waals surface area contributed by atoms with Crippen LogP contribution < -0.4 is 0 Å². The Labute approximate surface area is 112 Å². The van der Waals surface area contributed by atoms with Crippen LogP contribution in [0.25, 0.3) is 0 Å². The summed E-state index contributed by atoms with van der Waals surface area (Å²) in [5.74, 6) is 0. The molecule has 0 bridgehead atoms. The van der Waals surface area contributed by atoms with Gasteiger partial charge in [-0.1, -0.05) is 51.5 Å². The molecule has 2 nitrogen and oxygen atoms in total. The fraction of sp³-hybridized carbons (Fsp3) is 0.625. The van der Waals surface area contributed by atoms with E-state index in [1.165, 1.54) is 11.1 Å². The Morgan fingerprint density at radius 3 is 2.22 bits per heavy atom. The van der Waals surface area contributed by atoms with Gasteiger partial charge in [-0.15, -0.1) is 0 Å². The molecule has 1 unspecified atom stereocenters. The quantitative estimate of drug-likeness (QED) is 0.756. The highest BCUT2D eigenvalue weighted by atomic mass is 16.5. The lowest BCUT2D eigenvalue weighted by Gasteiger charge is -2.30. The molecule has 1 rings (SSSR count). The average Bonchev–Trinajstić information content (AvgIpc) is 2.42. The van der Waals surface area contributed by atoms with Gasteiger partial charge in [0.2, 0.25) is 0 Å². The molecule has 0 aliphatic carbocycles. The van der Waals surface area contributed by atoms with Crippen molar-refractivity contribution in [3.8, 4) is 0 Å². The summed E-state index contributed by atoms with van der Waals surface area (Å²) in [4.78, 5) is 0. The Morgan fingerprint density at radius 1 is 1.11 bits per heavy atom. The number of benzene rings is 1. The van der Waals surface area contributed by atoms with Crippen molar-refractivity contribution in [1.82, 2.24) is 0 Å². The first-order chi connectivity index (χ1) is 8.68. The first-order valence-corrected chi connectivity index (χ1v) is 6.80. The summed E-state index contributed by atoms with van der Waals surface area (Å²) < 4.78 is 10.9. The van der Waals surface area contributed by atoms with Gasteiger partial charge >= 0.3 is 0 Å². The van der Waals surface area contributed by atoms with Crippen LogP contribution in [0.3, 0.4) is 0 Å². The van der Waals surface area contributed by atoms with Crippen molar-refractivity contribution in [3.63, 3.8) is 0 Å². The van der Waals surface area contributed by atoms with Crippen molar-refractivity contribution in [2.24, 2.45) is 0 Å². The molecule has 0 fully saturated rings. The molecule has 0 aromatic heterocycles. The Balaban J connectivity index is 0.00000137. The van der Waals surface area contributed by atoms with E-state index in [1.807, 2.05) is 13.8 Å². The van der Waals surface area contributed by atoms with Gasteiger partial charge in [-0.2, -0.15) is 0 Å². The normalized spacial score (nSPS) is 13.4. The molecular weight excluding hydrogens is 224 g/mol. The number of hydrogen-bond donors (Lipinski definition) is 0. The van der Waals surface area contributed by atoms with Crippen LogP contribution in [0.4, 0.5) is 0 Å².